The smallest absolute Gasteiger partial charge is 0.257 e. The van der Waals surface area contributed by atoms with E-state index in [0.717, 1.165) is 16.3 Å². The van der Waals surface area contributed by atoms with Crippen LogP contribution in [0, 0.1) is 13.8 Å². The second-order valence-corrected chi connectivity index (χ2v) is 7.92. The molecule has 29 heavy (non-hydrogen) atoms. The van der Waals surface area contributed by atoms with Crippen LogP contribution in [0.1, 0.15) is 21.8 Å². The predicted octanol–water partition coefficient (Wildman–Crippen LogP) is 4.97. The van der Waals surface area contributed by atoms with Crippen LogP contribution in [0.25, 0.3) is 21.8 Å². The minimum atomic E-state index is -0.248. The summed E-state index contributed by atoms with van der Waals surface area (Å²) in [4.78, 5) is 13.9. The van der Waals surface area contributed by atoms with Gasteiger partial charge >= 0.3 is 0 Å². The van der Waals surface area contributed by atoms with Crippen LogP contribution < -0.4 is 5.32 Å². The molecule has 0 saturated heterocycles. The van der Waals surface area contributed by atoms with Crippen molar-refractivity contribution in [3.8, 4) is 21.8 Å². The third kappa shape index (κ3) is 3.97. The van der Waals surface area contributed by atoms with Gasteiger partial charge in [0, 0.05) is 17.8 Å². The lowest BCUT2D eigenvalue weighted by molar-refractivity contribution is 0.0951. The number of aromatic nitrogens is 3. The Morgan fingerprint density at radius 2 is 2.07 bits per heavy atom. The number of carbonyl (C=O) groups excluding carboxylic acids is 1. The van der Waals surface area contributed by atoms with Crippen molar-refractivity contribution in [3.05, 3.63) is 69.9 Å². The van der Waals surface area contributed by atoms with Crippen LogP contribution in [0.15, 0.2) is 52.4 Å². The first-order chi connectivity index (χ1) is 14.0. The summed E-state index contributed by atoms with van der Waals surface area (Å²) < 4.78 is 7.16. The Labute approximate surface area is 177 Å². The van der Waals surface area contributed by atoms with Crippen molar-refractivity contribution >= 4 is 28.8 Å². The number of thiophene rings is 1. The molecule has 0 unspecified atom stereocenters. The standard InChI is InChI=1S/C21H19ClN4O2S/c1-13-12-17(18-8-5-11-29-18)24-26(13)10-9-23-21(27)19-14(2)28-25-20(19)15-6-3-4-7-16(15)22/h3-8,11-12H,9-10H2,1-2H3,(H,23,27). The van der Waals surface area contributed by atoms with Crippen LogP contribution in [0.3, 0.4) is 0 Å². The van der Waals surface area contributed by atoms with Crippen molar-refractivity contribution in [2.75, 3.05) is 6.54 Å². The number of hydrogen-bond acceptors (Lipinski definition) is 5. The highest BCUT2D eigenvalue weighted by molar-refractivity contribution is 7.13. The van der Waals surface area contributed by atoms with Crippen molar-refractivity contribution in [2.24, 2.45) is 0 Å². The summed E-state index contributed by atoms with van der Waals surface area (Å²) in [6, 6.07) is 13.3. The zero-order chi connectivity index (χ0) is 20.4. The number of nitrogens with one attached hydrogen (secondary N) is 1. The fourth-order valence-corrected chi connectivity index (χ4v) is 4.03. The predicted molar refractivity (Wildman–Crippen MR) is 114 cm³/mol. The molecule has 0 atom stereocenters. The lowest BCUT2D eigenvalue weighted by atomic mass is 10.1. The number of amides is 1. The number of nitrogens with zero attached hydrogens (tertiary/aromatic N) is 3. The lowest BCUT2D eigenvalue weighted by Crippen LogP contribution is -2.28. The van der Waals surface area contributed by atoms with E-state index < -0.39 is 0 Å². The van der Waals surface area contributed by atoms with E-state index in [1.807, 2.05) is 53.4 Å². The molecule has 4 aromatic rings. The fourth-order valence-electron chi connectivity index (χ4n) is 3.12. The van der Waals surface area contributed by atoms with Gasteiger partial charge in [0.05, 0.1) is 16.4 Å². The average molecular weight is 427 g/mol. The van der Waals surface area contributed by atoms with Gasteiger partial charge in [-0.1, -0.05) is 41.0 Å². The van der Waals surface area contributed by atoms with E-state index >= 15 is 0 Å². The molecule has 3 heterocycles. The quantitative estimate of drug-likeness (QED) is 0.472. The van der Waals surface area contributed by atoms with Crippen molar-refractivity contribution < 1.29 is 9.32 Å². The van der Waals surface area contributed by atoms with Gasteiger partial charge in [0.1, 0.15) is 22.7 Å². The fraction of sp³-hybridized carbons (Fsp3) is 0.190. The van der Waals surface area contributed by atoms with E-state index in [9.17, 15) is 4.79 Å². The molecule has 8 heteroatoms. The number of halogens is 1. The summed E-state index contributed by atoms with van der Waals surface area (Å²) >= 11 is 7.92. The molecule has 6 nitrogen and oxygen atoms in total. The third-order valence-electron chi connectivity index (χ3n) is 4.58. The number of rotatable bonds is 6. The van der Waals surface area contributed by atoms with Crippen LogP contribution in [0.5, 0.6) is 0 Å². The molecule has 1 aromatic carbocycles. The lowest BCUT2D eigenvalue weighted by Gasteiger charge is -2.08. The van der Waals surface area contributed by atoms with Gasteiger partial charge in [-0.2, -0.15) is 5.10 Å². The minimum absolute atomic E-state index is 0.248. The molecule has 0 aliphatic carbocycles. The van der Waals surface area contributed by atoms with Gasteiger partial charge < -0.3 is 9.84 Å². The summed E-state index contributed by atoms with van der Waals surface area (Å²) in [6.45, 7) is 4.71. The third-order valence-corrected chi connectivity index (χ3v) is 5.80. The molecule has 0 aliphatic rings. The molecule has 0 saturated carbocycles. The zero-order valence-corrected chi connectivity index (χ0v) is 17.5. The van der Waals surface area contributed by atoms with Gasteiger partial charge in [0.2, 0.25) is 0 Å². The van der Waals surface area contributed by atoms with Crippen LogP contribution >= 0.6 is 22.9 Å². The number of carbonyl (C=O) groups is 1. The normalized spacial score (nSPS) is 11.0. The average Bonchev–Trinajstić information content (AvgIpc) is 3.43. The number of hydrogen-bond donors (Lipinski definition) is 1. The van der Waals surface area contributed by atoms with Gasteiger partial charge in [-0.05, 0) is 37.4 Å². The van der Waals surface area contributed by atoms with Gasteiger partial charge in [-0.15, -0.1) is 11.3 Å². The highest BCUT2D eigenvalue weighted by atomic mass is 35.5. The van der Waals surface area contributed by atoms with Crippen molar-refractivity contribution in [3.63, 3.8) is 0 Å². The van der Waals surface area contributed by atoms with Crippen molar-refractivity contribution in [1.82, 2.24) is 20.3 Å². The zero-order valence-electron chi connectivity index (χ0n) is 16.0. The summed E-state index contributed by atoms with van der Waals surface area (Å²) in [5, 5.41) is 14.2. The van der Waals surface area contributed by atoms with Crippen LogP contribution in [-0.4, -0.2) is 27.4 Å². The molecule has 0 fully saturated rings. The summed E-state index contributed by atoms with van der Waals surface area (Å²) in [7, 11) is 0. The van der Waals surface area contributed by atoms with Crippen LogP contribution in [-0.2, 0) is 6.54 Å². The number of aryl methyl sites for hydroxylation is 2. The van der Waals surface area contributed by atoms with Crippen molar-refractivity contribution in [1.29, 1.82) is 0 Å². The first-order valence-corrected chi connectivity index (χ1v) is 10.4. The largest absolute Gasteiger partial charge is 0.360 e. The van der Waals surface area contributed by atoms with E-state index in [2.05, 4.69) is 15.6 Å². The number of benzene rings is 1. The van der Waals surface area contributed by atoms with Gasteiger partial charge in [-0.25, -0.2) is 0 Å². The monoisotopic (exact) mass is 426 g/mol. The summed E-state index contributed by atoms with van der Waals surface area (Å²) in [5.74, 6) is 0.203. The van der Waals surface area contributed by atoms with E-state index in [1.165, 1.54) is 0 Å². The van der Waals surface area contributed by atoms with Crippen molar-refractivity contribution in [2.45, 2.75) is 20.4 Å². The highest BCUT2D eigenvalue weighted by Gasteiger charge is 2.22. The molecule has 0 radical (unpaired) electrons. The van der Waals surface area contributed by atoms with E-state index in [1.54, 1.807) is 24.3 Å². The Kier molecular flexibility index (Phi) is 5.51. The second kappa shape index (κ2) is 8.23. The molecular weight excluding hydrogens is 408 g/mol. The molecule has 1 N–H and O–H groups in total. The molecule has 0 spiro atoms. The summed E-state index contributed by atoms with van der Waals surface area (Å²) in [6.07, 6.45) is 0. The van der Waals surface area contributed by atoms with Gasteiger partial charge in [0.25, 0.3) is 5.91 Å². The second-order valence-electron chi connectivity index (χ2n) is 6.57. The Bertz CT molecular complexity index is 1150. The van der Waals surface area contributed by atoms with E-state index in [4.69, 9.17) is 16.1 Å². The first kappa shape index (κ1) is 19.4. The maximum absolute atomic E-state index is 12.8. The molecule has 148 valence electrons. The molecule has 3 aromatic heterocycles. The molecule has 0 aliphatic heterocycles. The Balaban J connectivity index is 1.46. The molecule has 4 rings (SSSR count). The summed E-state index contributed by atoms with van der Waals surface area (Å²) in [5.41, 5.74) is 3.50. The first-order valence-electron chi connectivity index (χ1n) is 9.12. The van der Waals surface area contributed by atoms with E-state index in [-0.39, 0.29) is 5.91 Å². The molecule has 0 bridgehead atoms. The Hall–Kier alpha value is -2.90. The Morgan fingerprint density at radius 1 is 1.24 bits per heavy atom. The maximum atomic E-state index is 12.8. The minimum Gasteiger partial charge on any atom is -0.360 e. The van der Waals surface area contributed by atoms with Crippen LogP contribution in [0.2, 0.25) is 5.02 Å². The van der Waals surface area contributed by atoms with E-state index in [0.29, 0.717) is 40.7 Å². The SMILES string of the molecule is Cc1onc(-c2ccccc2Cl)c1C(=O)NCCn1nc(-c2cccs2)cc1C. The molecular formula is C21H19ClN4O2S. The molecule has 1 amide bonds. The van der Waals surface area contributed by atoms with Gasteiger partial charge in [0.15, 0.2) is 0 Å². The topological polar surface area (TPSA) is 73.0 Å². The highest BCUT2D eigenvalue weighted by Crippen LogP contribution is 2.31. The van der Waals surface area contributed by atoms with Gasteiger partial charge in [-0.3, -0.25) is 9.48 Å². The Morgan fingerprint density at radius 3 is 2.83 bits per heavy atom. The maximum Gasteiger partial charge on any atom is 0.257 e. The van der Waals surface area contributed by atoms with Crippen LogP contribution in [0.4, 0.5) is 0 Å².